The number of amides is 1. The predicted molar refractivity (Wildman–Crippen MR) is 103 cm³/mol. The van der Waals surface area contributed by atoms with E-state index in [1.165, 1.54) is 0 Å². The van der Waals surface area contributed by atoms with Crippen LogP contribution in [0.25, 0.3) is 17.2 Å². The van der Waals surface area contributed by atoms with Crippen molar-refractivity contribution < 1.29 is 13.9 Å². The van der Waals surface area contributed by atoms with Crippen molar-refractivity contribution in [3.63, 3.8) is 0 Å². The number of nitrogen functional groups attached to an aromatic ring is 1. The number of furan rings is 1. The van der Waals surface area contributed by atoms with Crippen molar-refractivity contribution in [2.75, 3.05) is 36.8 Å². The van der Waals surface area contributed by atoms with Crippen LogP contribution in [0.3, 0.4) is 0 Å². The van der Waals surface area contributed by atoms with Crippen molar-refractivity contribution in [2.24, 2.45) is 0 Å². The molecule has 0 unspecified atom stereocenters. The van der Waals surface area contributed by atoms with E-state index in [-0.39, 0.29) is 11.9 Å². The van der Waals surface area contributed by atoms with Gasteiger partial charge >= 0.3 is 6.09 Å². The fourth-order valence-electron chi connectivity index (χ4n) is 3.01. The lowest BCUT2D eigenvalue weighted by Crippen LogP contribution is -2.50. The third-order valence-electron chi connectivity index (χ3n) is 4.33. The molecule has 1 amide bonds. The largest absolute Gasteiger partial charge is 0.461 e. The summed E-state index contributed by atoms with van der Waals surface area (Å²) in [7, 11) is 0. The average molecular weight is 385 g/mol. The molecule has 0 bridgehead atoms. The van der Waals surface area contributed by atoms with Gasteiger partial charge in [0, 0.05) is 26.2 Å². The summed E-state index contributed by atoms with van der Waals surface area (Å²) in [6.45, 7) is 7.91. The number of hydrogen-bond donors (Lipinski definition) is 1. The quantitative estimate of drug-likeness (QED) is 0.712. The molecule has 4 heterocycles. The van der Waals surface area contributed by atoms with Gasteiger partial charge in [0.25, 0.3) is 0 Å². The molecule has 1 aliphatic heterocycles. The van der Waals surface area contributed by atoms with Gasteiger partial charge in [0.1, 0.15) is 11.4 Å². The molecule has 4 rings (SSSR count). The van der Waals surface area contributed by atoms with Crippen molar-refractivity contribution in [1.29, 1.82) is 0 Å². The van der Waals surface area contributed by atoms with E-state index >= 15 is 0 Å². The zero-order chi connectivity index (χ0) is 19.9. The second-order valence-electron chi connectivity index (χ2n) is 7.62. The van der Waals surface area contributed by atoms with Crippen LogP contribution in [0.4, 0.5) is 16.4 Å². The fraction of sp³-hybridized carbons (Fsp3) is 0.444. The lowest BCUT2D eigenvalue weighted by Gasteiger charge is -2.36. The Bertz CT molecular complexity index is 983. The minimum atomic E-state index is -0.506. The minimum absolute atomic E-state index is 0.289. The van der Waals surface area contributed by atoms with E-state index in [1.54, 1.807) is 34.0 Å². The summed E-state index contributed by atoms with van der Waals surface area (Å²) >= 11 is 0. The van der Waals surface area contributed by atoms with Gasteiger partial charge in [-0.25, -0.2) is 19.3 Å². The maximum absolute atomic E-state index is 12.2. The fourth-order valence-corrected chi connectivity index (χ4v) is 3.01. The van der Waals surface area contributed by atoms with Crippen molar-refractivity contribution in [3.8, 4) is 11.6 Å². The smallest absolute Gasteiger partial charge is 0.410 e. The van der Waals surface area contributed by atoms with Gasteiger partial charge in [-0.05, 0) is 32.9 Å². The number of carbonyl (C=O) groups is 1. The molecule has 0 spiro atoms. The second-order valence-corrected chi connectivity index (χ2v) is 7.62. The van der Waals surface area contributed by atoms with E-state index in [2.05, 4.69) is 20.0 Å². The number of aromatic nitrogens is 4. The van der Waals surface area contributed by atoms with Gasteiger partial charge in [-0.1, -0.05) is 0 Å². The summed E-state index contributed by atoms with van der Waals surface area (Å²) < 4.78 is 12.4. The van der Waals surface area contributed by atoms with Crippen LogP contribution in [-0.4, -0.2) is 62.4 Å². The van der Waals surface area contributed by atoms with Gasteiger partial charge in [-0.2, -0.15) is 0 Å². The number of hydrogen-bond acceptors (Lipinski definition) is 8. The highest BCUT2D eigenvalue weighted by atomic mass is 16.6. The van der Waals surface area contributed by atoms with Crippen LogP contribution >= 0.6 is 0 Å². The molecule has 3 aromatic heterocycles. The van der Waals surface area contributed by atoms with Gasteiger partial charge in [0.15, 0.2) is 17.2 Å². The Morgan fingerprint density at radius 2 is 1.96 bits per heavy atom. The van der Waals surface area contributed by atoms with Crippen molar-refractivity contribution >= 4 is 23.4 Å². The van der Waals surface area contributed by atoms with Crippen LogP contribution in [0.5, 0.6) is 0 Å². The molecule has 0 atom stereocenters. The number of nitrogens with zero attached hydrogens (tertiary/aromatic N) is 6. The summed E-state index contributed by atoms with van der Waals surface area (Å²) in [5.41, 5.74) is 6.07. The van der Waals surface area contributed by atoms with E-state index in [4.69, 9.17) is 14.9 Å². The van der Waals surface area contributed by atoms with Crippen LogP contribution in [0, 0.1) is 0 Å². The molecule has 0 aromatic carbocycles. The van der Waals surface area contributed by atoms with Gasteiger partial charge in [0.2, 0.25) is 5.82 Å². The van der Waals surface area contributed by atoms with Crippen LogP contribution in [-0.2, 0) is 4.74 Å². The summed E-state index contributed by atoms with van der Waals surface area (Å²) in [5, 5.41) is 4.44. The first-order valence-corrected chi connectivity index (χ1v) is 9.10. The Balaban J connectivity index is 1.50. The van der Waals surface area contributed by atoms with Crippen LogP contribution in [0.1, 0.15) is 20.8 Å². The monoisotopic (exact) mass is 385 g/mol. The van der Waals surface area contributed by atoms with Crippen molar-refractivity contribution in [3.05, 3.63) is 24.6 Å². The summed E-state index contributed by atoms with van der Waals surface area (Å²) in [6, 6.07) is 3.56. The zero-order valence-corrected chi connectivity index (χ0v) is 16.1. The molecule has 1 fully saturated rings. The lowest BCUT2D eigenvalue weighted by atomic mass is 10.2. The average Bonchev–Trinajstić information content (AvgIpc) is 3.30. The molecule has 2 N–H and O–H groups in total. The third kappa shape index (κ3) is 3.57. The van der Waals surface area contributed by atoms with Gasteiger partial charge < -0.3 is 24.7 Å². The minimum Gasteiger partial charge on any atom is -0.461 e. The molecule has 1 aliphatic rings. The highest BCUT2D eigenvalue weighted by molar-refractivity contribution is 5.69. The standard InChI is InChI=1S/C18H23N7O3/c1-18(2,3)28-17(26)24-8-6-23(7-9-24)13-11-25-16(14(19)20-13)21-15(22-25)12-5-4-10-27-12/h4-5,10-11H,6-9H2,1-3H3,(H2,19,20). The van der Waals surface area contributed by atoms with Crippen molar-refractivity contribution in [1.82, 2.24) is 24.5 Å². The van der Waals surface area contributed by atoms with Crippen LogP contribution in [0.15, 0.2) is 29.0 Å². The Labute approximate surface area is 161 Å². The number of piperazine rings is 1. The number of fused-ring (bicyclic) bond motifs is 1. The molecule has 28 heavy (non-hydrogen) atoms. The van der Waals surface area contributed by atoms with E-state index in [0.29, 0.717) is 49.2 Å². The summed E-state index contributed by atoms with van der Waals surface area (Å²) in [4.78, 5) is 24.8. The molecule has 10 nitrogen and oxygen atoms in total. The highest BCUT2D eigenvalue weighted by Crippen LogP contribution is 2.22. The molecule has 0 radical (unpaired) electrons. The first kappa shape index (κ1) is 18.1. The lowest BCUT2D eigenvalue weighted by molar-refractivity contribution is 0.0240. The van der Waals surface area contributed by atoms with Gasteiger partial charge in [0.05, 0.1) is 12.5 Å². The molecule has 1 saturated heterocycles. The van der Waals surface area contributed by atoms with Crippen LogP contribution < -0.4 is 10.6 Å². The summed E-state index contributed by atoms with van der Waals surface area (Å²) in [6.07, 6.45) is 3.06. The predicted octanol–water partition coefficient (Wildman–Crippen LogP) is 2.02. The van der Waals surface area contributed by atoms with Gasteiger partial charge in [-0.15, -0.1) is 5.10 Å². The number of ether oxygens (including phenoxy) is 1. The normalized spacial score (nSPS) is 15.2. The molecular formula is C18H23N7O3. The number of nitrogens with two attached hydrogens (primary N) is 1. The van der Waals surface area contributed by atoms with E-state index < -0.39 is 5.60 Å². The second kappa shape index (κ2) is 6.70. The van der Waals surface area contributed by atoms with E-state index in [9.17, 15) is 4.79 Å². The Morgan fingerprint density at radius 3 is 2.61 bits per heavy atom. The molecule has 10 heteroatoms. The molecule has 0 aliphatic carbocycles. The Morgan fingerprint density at radius 1 is 1.21 bits per heavy atom. The molecule has 3 aromatic rings. The topological polar surface area (TPSA) is 115 Å². The molecule has 0 saturated carbocycles. The maximum Gasteiger partial charge on any atom is 0.410 e. The number of anilines is 2. The molecular weight excluding hydrogens is 362 g/mol. The summed E-state index contributed by atoms with van der Waals surface area (Å²) in [5.74, 6) is 1.99. The molecule has 148 valence electrons. The van der Waals surface area contributed by atoms with Gasteiger partial charge in [-0.3, -0.25) is 0 Å². The number of carbonyl (C=O) groups excluding carboxylic acids is 1. The first-order chi connectivity index (χ1) is 13.3. The highest BCUT2D eigenvalue weighted by Gasteiger charge is 2.27. The first-order valence-electron chi connectivity index (χ1n) is 9.10. The Kier molecular flexibility index (Phi) is 4.33. The zero-order valence-electron chi connectivity index (χ0n) is 16.1. The van der Waals surface area contributed by atoms with Crippen molar-refractivity contribution in [2.45, 2.75) is 26.4 Å². The van der Waals surface area contributed by atoms with Crippen LogP contribution in [0.2, 0.25) is 0 Å². The maximum atomic E-state index is 12.2. The van der Waals surface area contributed by atoms with E-state index in [0.717, 1.165) is 0 Å². The third-order valence-corrected chi connectivity index (χ3v) is 4.33. The van der Waals surface area contributed by atoms with E-state index in [1.807, 2.05) is 20.8 Å². The number of rotatable bonds is 2. The Hall–Kier alpha value is -3.30. The SMILES string of the molecule is CC(C)(C)OC(=O)N1CCN(c2cn3nc(-c4ccco4)nc3c(N)n2)CC1.